The molecule has 0 aromatic rings. The molecule has 1 fully saturated rings. The van der Waals surface area contributed by atoms with Gasteiger partial charge in [0.25, 0.3) is 0 Å². The number of hydrogen-bond acceptors (Lipinski definition) is 2. The Morgan fingerprint density at radius 1 is 1.37 bits per heavy atom. The van der Waals surface area contributed by atoms with Gasteiger partial charge in [0.05, 0.1) is 6.67 Å². The molecule has 1 aliphatic rings. The third kappa shape index (κ3) is 4.18. The molecule has 5 heteroatoms. The average molecular weight is 272 g/mol. The Kier molecular flexibility index (Phi) is 6.25. The molecule has 1 N–H and O–H groups in total. The zero-order valence-corrected chi connectivity index (χ0v) is 12.1. The van der Waals surface area contributed by atoms with Gasteiger partial charge in [-0.25, -0.2) is 0 Å². The van der Waals surface area contributed by atoms with E-state index in [2.05, 4.69) is 5.32 Å². The number of halogens is 1. The second-order valence-corrected chi connectivity index (χ2v) is 5.57. The molecule has 0 aliphatic carbocycles. The SMILES string of the molecule is CCCC1C(=O)NC(CC(C)C)C(=O)N1CCCF. The number of alkyl halides is 1. The summed E-state index contributed by atoms with van der Waals surface area (Å²) >= 11 is 0. The van der Waals surface area contributed by atoms with E-state index in [1.807, 2.05) is 20.8 Å². The maximum absolute atomic E-state index is 12.4. The molecule has 2 atom stereocenters. The molecule has 2 amide bonds. The quantitative estimate of drug-likeness (QED) is 0.769. The van der Waals surface area contributed by atoms with Crippen LogP contribution >= 0.6 is 0 Å². The normalized spacial score (nSPS) is 23.9. The first-order valence-corrected chi connectivity index (χ1v) is 7.18. The van der Waals surface area contributed by atoms with Gasteiger partial charge in [0.1, 0.15) is 12.1 Å². The van der Waals surface area contributed by atoms with Crippen LogP contribution in [0.1, 0.15) is 46.5 Å². The number of amides is 2. The topological polar surface area (TPSA) is 49.4 Å². The first-order valence-electron chi connectivity index (χ1n) is 7.18. The summed E-state index contributed by atoms with van der Waals surface area (Å²) in [6, 6.07) is -0.868. The standard InChI is InChI=1S/C14H25FN2O2/c1-4-6-12-13(18)16-11(9-10(2)3)14(19)17(12)8-5-7-15/h10-12H,4-9H2,1-3H3,(H,16,18). The van der Waals surface area contributed by atoms with E-state index in [1.54, 1.807) is 4.90 Å². The van der Waals surface area contributed by atoms with Crippen LogP contribution < -0.4 is 5.32 Å². The third-order valence-corrected chi connectivity index (χ3v) is 3.38. The second-order valence-electron chi connectivity index (χ2n) is 5.57. The lowest BCUT2D eigenvalue weighted by Crippen LogP contribution is -2.63. The zero-order valence-electron chi connectivity index (χ0n) is 12.1. The molecule has 0 saturated carbocycles. The van der Waals surface area contributed by atoms with Crippen LogP contribution in [0.5, 0.6) is 0 Å². The first-order chi connectivity index (χ1) is 9.01. The van der Waals surface area contributed by atoms with Crippen molar-refractivity contribution in [3.63, 3.8) is 0 Å². The molecule has 2 unspecified atom stereocenters. The Labute approximate surface area is 114 Å². The number of carbonyl (C=O) groups is 2. The monoisotopic (exact) mass is 272 g/mol. The summed E-state index contributed by atoms with van der Waals surface area (Å²) in [5.41, 5.74) is 0. The summed E-state index contributed by atoms with van der Waals surface area (Å²) in [5, 5.41) is 2.81. The van der Waals surface area contributed by atoms with Crippen LogP contribution in [0.2, 0.25) is 0 Å². The van der Waals surface area contributed by atoms with E-state index in [4.69, 9.17) is 0 Å². The fourth-order valence-corrected chi connectivity index (χ4v) is 2.51. The molecule has 110 valence electrons. The Hall–Kier alpha value is -1.13. The van der Waals surface area contributed by atoms with Crippen LogP contribution in [-0.4, -0.2) is 42.0 Å². The van der Waals surface area contributed by atoms with Gasteiger partial charge in [0.15, 0.2) is 0 Å². The minimum absolute atomic E-state index is 0.0554. The summed E-state index contributed by atoms with van der Waals surface area (Å²) in [6.07, 6.45) is 2.40. The Balaban J connectivity index is 2.81. The molecule has 1 rings (SSSR count). The first kappa shape index (κ1) is 15.9. The number of nitrogens with zero attached hydrogens (tertiary/aromatic N) is 1. The van der Waals surface area contributed by atoms with Gasteiger partial charge in [-0.15, -0.1) is 0 Å². The van der Waals surface area contributed by atoms with E-state index in [-0.39, 0.29) is 11.8 Å². The van der Waals surface area contributed by atoms with Gasteiger partial charge < -0.3 is 10.2 Å². The average Bonchev–Trinajstić information content (AvgIpc) is 2.34. The van der Waals surface area contributed by atoms with Gasteiger partial charge in [0, 0.05) is 6.54 Å². The number of hydrogen-bond donors (Lipinski definition) is 1. The van der Waals surface area contributed by atoms with E-state index < -0.39 is 18.8 Å². The highest BCUT2D eigenvalue weighted by atomic mass is 19.1. The molecular formula is C14H25FN2O2. The lowest BCUT2D eigenvalue weighted by molar-refractivity contribution is -0.150. The van der Waals surface area contributed by atoms with Gasteiger partial charge >= 0.3 is 0 Å². The summed E-state index contributed by atoms with van der Waals surface area (Å²) in [7, 11) is 0. The summed E-state index contributed by atoms with van der Waals surface area (Å²) in [4.78, 5) is 26.1. The van der Waals surface area contributed by atoms with Crippen LogP contribution in [0, 0.1) is 5.92 Å². The van der Waals surface area contributed by atoms with Crippen molar-refractivity contribution < 1.29 is 14.0 Å². The molecule has 0 aromatic carbocycles. The smallest absolute Gasteiger partial charge is 0.245 e. The van der Waals surface area contributed by atoms with Gasteiger partial charge in [-0.3, -0.25) is 14.0 Å². The lowest BCUT2D eigenvalue weighted by atomic mass is 9.97. The van der Waals surface area contributed by atoms with E-state index >= 15 is 0 Å². The van der Waals surface area contributed by atoms with Crippen LogP contribution in [0.4, 0.5) is 4.39 Å². The van der Waals surface area contributed by atoms with Crippen molar-refractivity contribution in [3.8, 4) is 0 Å². The molecular weight excluding hydrogens is 247 g/mol. The zero-order chi connectivity index (χ0) is 14.4. The lowest BCUT2D eigenvalue weighted by Gasteiger charge is -2.39. The highest BCUT2D eigenvalue weighted by molar-refractivity contribution is 5.96. The Bertz CT molecular complexity index is 321. The van der Waals surface area contributed by atoms with Crippen molar-refractivity contribution in [2.75, 3.05) is 13.2 Å². The number of carbonyl (C=O) groups excluding carboxylic acids is 2. The number of nitrogens with one attached hydrogen (secondary N) is 1. The minimum atomic E-state index is -0.459. The van der Waals surface area contributed by atoms with E-state index in [9.17, 15) is 14.0 Å². The summed E-state index contributed by atoms with van der Waals surface area (Å²) in [6.45, 7) is 5.89. The fourth-order valence-electron chi connectivity index (χ4n) is 2.51. The highest BCUT2D eigenvalue weighted by Gasteiger charge is 2.39. The van der Waals surface area contributed by atoms with Gasteiger partial charge in [-0.1, -0.05) is 27.2 Å². The Morgan fingerprint density at radius 3 is 2.58 bits per heavy atom. The summed E-state index contributed by atoms with van der Waals surface area (Å²) in [5.74, 6) is 0.186. The molecule has 0 bridgehead atoms. The van der Waals surface area contributed by atoms with E-state index in [0.29, 0.717) is 31.7 Å². The van der Waals surface area contributed by atoms with Crippen LogP contribution in [0.15, 0.2) is 0 Å². The van der Waals surface area contributed by atoms with Gasteiger partial charge in [-0.2, -0.15) is 0 Å². The molecule has 0 aromatic heterocycles. The maximum atomic E-state index is 12.4. The highest BCUT2D eigenvalue weighted by Crippen LogP contribution is 2.19. The van der Waals surface area contributed by atoms with Crippen molar-refractivity contribution in [2.45, 2.75) is 58.5 Å². The number of rotatable bonds is 7. The van der Waals surface area contributed by atoms with Crippen molar-refractivity contribution in [1.82, 2.24) is 10.2 Å². The van der Waals surface area contributed by atoms with E-state index in [1.165, 1.54) is 0 Å². The number of piperazine rings is 1. The largest absolute Gasteiger partial charge is 0.342 e. The van der Waals surface area contributed by atoms with Gasteiger partial charge in [0.2, 0.25) is 11.8 Å². The molecule has 0 radical (unpaired) electrons. The molecule has 1 heterocycles. The van der Waals surface area contributed by atoms with Crippen molar-refractivity contribution in [3.05, 3.63) is 0 Å². The molecule has 1 saturated heterocycles. The summed E-state index contributed by atoms with van der Waals surface area (Å²) < 4.78 is 12.4. The predicted molar refractivity (Wildman–Crippen MR) is 72.4 cm³/mol. The Morgan fingerprint density at radius 2 is 2.05 bits per heavy atom. The van der Waals surface area contributed by atoms with Crippen molar-refractivity contribution >= 4 is 11.8 Å². The van der Waals surface area contributed by atoms with Crippen molar-refractivity contribution in [1.29, 1.82) is 0 Å². The van der Waals surface area contributed by atoms with Crippen LogP contribution in [-0.2, 0) is 9.59 Å². The molecule has 4 nitrogen and oxygen atoms in total. The maximum Gasteiger partial charge on any atom is 0.245 e. The third-order valence-electron chi connectivity index (χ3n) is 3.38. The molecule has 1 aliphatic heterocycles. The predicted octanol–water partition coefficient (Wildman–Crippen LogP) is 1.89. The van der Waals surface area contributed by atoms with Crippen LogP contribution in [0.25, 0.3) is 0 Å². The van der Waals surface area contributed by atoms with E-state index in [0.717, 1.165) is 6.42 Å². The molecule has 19 heavy (non-hydrogen) atoms. The van der Waals surface area contributed by atoms with Gasteiger partial charge in [-0.05, 0) is 25.2 Å². The van der Waals surface area contributed by atoms with Crippen molar-refractivity contribution in [2.24, 2.45) is 5.92 Å². The second kappa shape index (κ2) is 7.46. The fraction of sp³-hybridized carbons (Fsp3) is 0.857. The minimum Gasteiger partial charge on any atom is -0.342 e. The van der Waals surface area contributed by atoms with Crippen LogP contribution in [0.3, 0.4) is 0 Å². The molecule has 0 spiro atoms.